The lowest BCUT2D eigenvalue weighted by atomic mass is 10.1. The van der Waals surface area contributed by atoms with Crippen LogP contribution >= 0.6 is 0 Å². The molecule has 0 bridgehead atoms. The lowest BCUT2D eigenvalue weighted by molar-refractivity contribution is -0.115. The maximum atomic E-state index is 13.2. The van der Waals surface area contributed by atoms with Gasteiger partial charge >= 0.3 is 0 Å². The summed E-state index contributed by atoms with van der Waals surface area (Å²) in [5, 5.41) is 2.78. The minimum atomic E-state index is -0.249. The molecule has 0 radical (unpaired) electrons. The highest BCUT2D eigenvalue weighted by atomic mass is 19.1. The van der Waals surface area contributed by atoms with Crippen molar-refractivity contribution in [3.63, 3.8) is 0 Å². The number of halogens is 1. The number of amidine groups is 1. The molecule has 3 rings (SSSR count). The SMILES string of the molecule is CCc1ccc(/C=C2/N=C(CCc3cccc(F)c3)NC2=O)cc1. The van der Waals surface area contributed by atoms with E-state index >= 15 is 0 Å². The van der Waals surface area contributed by atoms with Gasteiger partial charge in [-0.15, -0.1) is 0 Å². The van der Waals surface area contributed by atoms with Crippen LogP contribution in [0.2, 0.25) is 0 Å². The van der Waals surface area contributed by atoms with Gasteiger partial charge in [0.25, 0.3) is 5.91 Å². The van der Waals surface area contributed by atoms with E-state index in [2.05, 4.69) is 17.2 Å². The number of aryl methyl sites for hydroxylation is 2. The van der Waals surface area contributed by atoms with Crippen molar-refractivity contribution >= 4 is 17.8 Å². The lowest BCUT2D eigenvalue weighted by Crippen LogP contribution is -2.24. The standard InChI is InChI=1S/C20H19FN2O/c1-2-14-6-8-16(9-7-14)13-18-20(24)23-19(22-18)11-10-15-4-3-5-17(21)12-15/h3-9,12-13H,2,10-11H2,1H3,(H,22,23,24)/b18-13+. The summed E-state index contributed by atoms with van der Waals surface area (Å²) in [6.07, 6.45) is 3.97. The molecule has 2 aromatic carbocycles. The number of nitrogens with one attached hydrogen (secondary N) is 1. The van der Waals surface area contributed by atoms with Crippen LogP contribution < -0.4 is 5.32 Å². The van der Waals surface area contributed by atoms with E-state index in [1.165, 1.54) is 17.7 Å². The van der Waals surface area contributed by atoms with Crippen molar-refractivity contribution in [1.29, 1.82) is 0 Å². The Morgan fingerprint density at radius 1 is 1.08 bits per heavy atom. The Labute approximate surface area is 140 Å². The molecule has 0 unspecified atom stereocenters. The molecule has 0 aliphatic carbocycles. The van der Waals surface area contributed by atoms with Gasteiger partial charge in [0.1, 0.15) is 17.3 Å². The second-order valence-electron chi connectivity index (χ2n) is 5.77. The zero-order valence-electron chi connectivity index (χ0n) is 13.6. The number of hydrogen-bond donors (Lipinski definition) is 1. The first kappa shape index (κ1) is 16.1. The summed E-state index contributed by atoms with van der Waals surface area (Å²) in [7, 11) is 0. The molecule has 1 N–H and O–H groups in total. The maximum Gasteiger partial charge on any atom is 0.275 e. The molecule has 24 heavy (non-hydrogen) atoms. The minimum Gasteiger partial charge on any atom is -0.309 e. The van der Waals surface area contributed by atoms with Crippen molar-refractivity contribution in [3.8, 4) is 0 Å². The van der Waals surface area contributed by atoms with Gasteiger partial charge in [-0.2, -0.15) is 0 Å². The fourth-order valence-electron chi connectivity index (χ4n) is 2.60. The average Bonchev–Trinajstić information content (AvgIpc) is 2.94. The number of hydrogen-bond acceptors (Lipinski definition) is 2. The van der Waals surface area contributed by atoms with Gasteiger partial charge in [-0.25, -0.2) is 9.38 Å². The van der Waals surface area contributed by atoms with Crippen LogP contribution in [0.4, 0.5) is 4.39 Å². The summed E-state index contributed by atoms with van der Waals surface area (Å²) in [5.41, 5.74) is 3.51. The molecule has 0 fully saturated rings. The van der Waals surface area contributed by atoms with Gasteiger partial charge in [-0.3, -0.25) is 4.79 Å². The molecule has 1 heterocycles. The van der Waals surface area contributed by atoms with Crippen LogP contribution in [0.15, 0.2) is 59.2 Å². The smallest absolute Gasteiger partial charge is 0.275 e. The Morgan fingerprint density at radius 2 is 1.88 bits per heavy atom. The third-order valence-corrected chi connectivity index (χ3v) is 3.98. The molecule has 1 aliphatic heterocycles. The second kappa shape index (κ2) is 7.21. The fraction of sp³-hybridized carbons (Fsp3) is 0.200. The molecule has 2 aromatic rings. The van der Waals surface area contributed by atoms with Crippen molar-refractivity contribution < 1.29 is 9.18 Å². The molecule has 0 spiro atoms. The lowest BCUT2D eigenvalue weighted by Gasteiger charge is -2.01. The van der Waals surface area contributed by atoms with E-state index < -0.39 is 0 Å². The van der Waals surface area contributed by atoms with Gasteiger partial charge in [0.15, 0.2) is 0 Å². The van der Waals surface area contributed by atoms with Gasteiger partial charge in [-0.1, -0.05) is 43.3 Å². The van der Waals surface area contributed by atoms with Gasteiger partial charge in [-0.05, 0) is 47.7 Å². The van der Waals surface area contributed by atoms with Crippen LogP contribution in [-0.2, 0) is 17.6 Å². The van der Waals surface area contributed by atoms with Gasteiger partial charge in [0.2, 0.25) is 0 Å². The topological polar surface area (TPSA) is 41.5 Å². The minimum absolute atomic E-state index is 0.191. The van der Waals surface area contributed by atoms with Crippen molar-refractivity contribution in [2.24, 2.45) is 4.99 Å². The predicted molar refractivity (Wildman–Crippen MR) is 94.1 cm³/mol. The van der Waals surface area contributed by atoms with Crippen LogP contribution in [0, 0.1) is 5.82 Å². The van der Waals surface area contributed by atoms with Crippen molar-refractivity contribution in [2.75, 3.05) is 0 Å². The molecular formula is C20H19FN2O. The third-order valence-electron chi connectivity index (χ3n) is 3.98. The number of rotatable bonds is 5. The van der Waals surface area contributed by atoms with E-state index in [1.807, 2.05) is 30.3 Å². The van der Waals surface area contributed by atoms with Crippen LogP contribution in [0.25, 0.3) is 6.08 Å². The molecule has 4 heteroatoms. The highest BCUT2D eigenvalue weighted by molar-refractivity contribution is 6.14. The first-order valence-corrected chi connectivity index (χ1v) is 8.08. The summed E-state index contributed by atoms with van der Waals surface area (Å²) < 4.78 is 13.2. The Bertz CT molecular complexity index is 807. The maximum absolute atomic E-state index is 13.2. The van der Waals surface area contributed by atoms with Crippen LogP contribution in [0.3, 0.4) is 0 Å². The summed E-state index contributed by atoms with van der Waals surface area (Å²) >= 11 is 0. The number of benzene rings is 2. The molecular weight excluding hydrogens is 303 g/mol. The third kappa shape index (κ3) is 3.96. The second-order valence-corrected chi connectivity index (χ2v) is 5.77. The highest BCUT2D eigenvalue weighted by Crippen LogP contribution is 2.15. The summed E-state index contributed by atoms with van der Waals surface area (Å²) in [5.74, 6) is 0.186. The fourth-order valence-corrected chi connectivity index (χ4v) is 2.60. The van der Waals surface area contributed by atoms with Crippen LogP contribution in [0.1, 0.15) is 30.0 Å². The Kier molecular flexibility index (Phi) is 4.85. The summed E-state index contributed by atoms with van der Waals surface area (Å²) in [6, 6.07) is 14.5. The zero-order chi connectivity index (χ0) is 16.9. The van der Waals surface area contributed by atoms with Crippen LogP contribution in [-0.4, -0.2) is 11.7 Å². The van der Waals surface area contributed by atoms with Gasteiger partial charge in [0.05, 0.1) is 0 Å². The quantitative estimate of drug-likeness (QED) is 0.834. The average molecular weight is 322 g/mol. The molecule has 0 aromatic heterocycles. The highest BCUT2D eigenvalue weighted by Gasteiger charge is 2.19. The number of amides is 1. The molecule has 0 saturated carbocycles. The zero-order valence-corrected chi connectivity index (χ0v) is 13.6. The van der Waals surface area contributed by atoms with Gasteiger partial charge in [0, 0.05) is 6.42 Å². The molecule has 1 aliphatic rings. The normalized spacial score (nSPS) is 15.5. The molecule has 0 atom stereocenters. The number of carbonyl (C=O) groups excluding carboxylic acids is 1. The molecule has 3 nitrogen and oxygen atoms in total. The van der Waals surface area contributed by atoms with E-state index in [-0.39, 0.29) is 11.7 Å². The van der Waals surface area contributed by atoms with E-state index in [9.17, 15) is 9.18 Å². The Hall–Kier alpha value is -2.75. The number of nitrogens with zero attached hydrogens (tertiary/aromatic N) is 1. The van der Waals surface area contributed by atoms with E-state index in [4.69, 9.17) is 0 Å². The largest absolute Gasteiger partial charge is 0.309 e. The van der Waals surface area contributed by atoms with Crippen molar-refractivity contribution in [3.05, 3.63) is 76.7 Å². The van der Waals surface area contributed by atoms with Gasteiger partial charge < -0.3 is 5.32 Å². The molecule has 1 amide bonds. The number of aliphatic imine (C=N–C) groups is 1. The van der Waals surface area contributed by atoms with Crippen molar-refractivity contribution in [1.82, 2.24) is 5.32 Å². The van der Waals surface area contributed by atoms with E-state index in [0.29, 0.717) is 24.4 Å². The Balaban J connectivity index is 1.69. The van der Waals surface area contributed by atoms with Crippen LogP contribution in [0.5, 0.6) is 0 Å². The monoisotopic (exact) mass is 322 g/mol. The molecule has 0 saturated heterocycles. The number of carbonyl (C=O) groups is 1. The van der Waals surface area contributed by atoms with E-state index in [1.54, 1.807) is 12.1 Å². The summed E-state index contributed by atoms with van der Waals surface area (Å²) in [6.45, 7) is 2.10. The first-order valence-electron chi connectivity index (χ1n) is 8.08. The first-order chi connectivity index (χ1) is 11.6. The Morgan fingerprint density at radius 3 is 2.58 bits per heavy atom. The van der Waals surface area contributed by atoms with Crippen molar-refractivity contribution in [2.45, 2.75) is 26.2 Å². The predicted octanol–water partition coefficient (Wildman–Crippen LogP) is 3.89. The van der Waals surface area contributed by atoms with E-state index in [0.717, 1.165) is 17.5 Å². The molecule has 122 valence electrons. The summed E-state index contributed by atoms with van der Waals surface area (Å²) in [4.78, 5) is 16.4.